The fourth-order valence-corrected chi connectivity index (χ4v) is 3.46. The molecule has 0 aliphatic heterocycles. The summed E-state index contributed by atoms with van der Waals surface area (Å²) in [6.45, 7) is 4.25. The maximum Gasteiger partial charge on any atom is 0.0981 e. The number of rotatable bonds is 3. The molecular weight excluding hydrogens is 247 g/mol. The molecule has 0 fully saturated rings. The van der Waals surface area contributed by atoms with Crippen LogP contribution in [0.5, 0.6) is 0 Å². The molecule has 13 heavy (non-hydrogen) atoms. The molecule has 1 aromatic rings. The Morgan fingerprint density at radius 2 is 2.00 bits per heavy atom. The van der Waals surface area contributed by atoms with Gasteiger partial charge in [0.05, 0.1) is 8.67 Å². The van der Waals surface area contributed by atoms with E-state index in [4.69, 9.17) is 34.8 Å². The Balaban J connectivity index is 2.98. The first kappa shape index (κ1) is 11.6. The molecule has 0 N–H and O–H groups in total. The molecule has 1 rings (SSSR count). The summed E-state index contributed by atoms with van der Waals surface area (Å²) in [7, 11) is 0. The molecule has 0 nitrogen and oxygen atoms in total. The van der Waals surface area contributed by atoms with E-state index < -0.39 is 0 Å². The minimum atomic E-state index is 0.0163. The second-order valence-electron chi connectivity index (χ2n) is 3.56. The molecule has 1 heterocycles. The van der Waals surface area contributed by atoms with E-state index in [0.29, 0.717) is 5.88 Å². The highest BCUT2D eigenvalue weighted by atomic mass is 35.5. The van der Waals surface area contributed by atoms with Crippen molar-refractivity contribution in [2.45, 2.75) is 25.7 Å². The summed E-state index contributed by atoms with van der Waals surface area (Å²) < 4.78 is 1.52. The smallest absolute Gasteiger partial charge is 0.0981 e. The van der Waals surface area contributed by atoms with Gasteiger partial charge < -0.3 is 0 Å². The third-order valence-electron chi connectivity index (χ3n) is 2.11. The SMILES string of the molecule is CC(C)(CCCl)c1cc(Cl)sc1Cl. The molecule has 0 amide bonds. The Kier molecular flexibility index (Phi) is 3.94. The lowest BCUT2D eigenvalue weighted by Crippen LogP contribution is -2.17. The molecule has 0 saturated carbocycles. The van der Waals surface area contributed by atoms with Crippen LogP contribution in [0.1, 0.15) is 25.8 Å². The van der Waals surface area contributed by atoms with Crippen molar-refractivity contribution in [2.75, 3.05) is 5.88 Å². The second kappa shape index (κ2) is 4.39. The largest absolute Gasteiger partial charge is 0.127 e. The van der Waals surface area contributed by atoms with Crippen LogP contribution in [0, 0.1) is 0 Å². The van der Waals surface area contributed by atoms with Gasteiger partial charge in [-0.05, 0) is 23.5 Å². The number of alkyl halides is 1. The van der Waals surface area contributed by atoms with Crippen molar-refractivity contribution in [3.05, 3.63) is 20.3 Å². The van der Waals surface area contributed by atoms with Gasteiger partial charge in [-0.15, -0.1) is 22.9 Å². The molecule has 1 aromatic heterocycles. The summed E-state index contributed by atoms with van der Waals surface area (Å²) in [5.74, 6) is 0.636. The van der Waals surface area contributed by atoms with Gasteiger partial charge in [0, 0.05) is 5.88 Å². The van der Waals surface area contributed by atoms with Crippen molar-refractivity contribution < 1.29 is 0 Å². The average Bonchev–Trinajstić information content (AvgIpc) is 2.30. The molecule has 4 heteroatoms. The first-order chi connectivity index (χ1) is 5.97. The molecule has 0 aromatic carbocycles. The monoisotopic (exact) mass is 256 g/mol. The summed E-state index contributed by atoms with van der Waals surface area (Å²) in [5, 5.41) is 0. The number of hydrogen-bond donors (Lipinski definition) is 0. The lowest BCUT2D eigenvalue weighted by atomic mass is 9.84. The summed E-state index contributed by atoms with van der Waals surface area (Å²) in [6, 6.07) is 1.93. The normalized spacial score (nSPS) is 12.1. The fourth-order valence-electron chi connectivity index (χ4n) is 1.17. The third kappa shape index (κ3) is 2.76. The first-order valence-corrected chi connectivity index (χ1v) is 6.09. The van der Waals surface area contributed by atoms with Gasteiger partial charge in [0.25, 0.3) is 0 Å². The van der Waals surface area contributed by atoms with E-state index in [2.05, 4.69) is 13.8 Å². The Hall–Kier alpha value is 0.570. The summed E-state index contributed by atoms with van der Waals surface area (Å²) in [5.41, 5.74) is 1.12. The van der Waals surface area contributed by atoms with Gasteiger partial charge in [-0.2, -0.15) is 0 Å². The lowest BCUT2D eigenvalue weighted by molar-refractivity contribution is 0.511. The minimum absolute atomic E-state index is 0.0163. The van der Waals surface area contributed by atoms with Crippen LogP contribution in [0.15, 0.2) is 6.07 Å². The van der Waals surface area contributed by atoms with Crippen molar-refractivity contribution in [2.24, 2.45) is 0 Å². The molecule has 0 unspecified atom stereocenters. The second-order valence-corrected chi connectivity index (χ2v) is 6.22. The molecule has 0 aliphatic rings. The van der Waals surface area contributed by atoms with Crippen LogP contribution in [0.3, 0.4) is 0 Å². The van der Waals surface area contributed by atoms with Gasteiger partial charge in [-0.25, -0.2) is 0 Å². The van der Waals surface area contributed by atoms with Gasteiger partial charge >= 0.3 is 0 Å². The molecule has 0 saturated heterocycles. The average molecular weight is 258 g/mol. The molecule has 0 atom stereocenters. The predicted octanol–water partition coefficient (Wildman–Crippen LogP) is 4.96. The zero-order valence-corrected chi connectivity index (χ0v) is 10.6. The predicted molar refractivity (Wildman–Crippen MR) is 62.7 cm³/mol. The van der Waals surface area contributed by atoms with Crippen LogP contribution in [-0.4, -0.2) is 5.88 Å². The van der Waals surface area contributed by atoms with E-state index in [0.717, 1.165) is 20.7 Å². The zero-order valence-electron chi connectivity index (χ0n) is 7.53. The molecular formula is C9H11Cl3S. The van der Waals surface area contributed by atoms with E-state index >= 15 is 0 Å². The molecule has 0 radical (unpaired) electrons. The van der Waals surface area contributed by atoms with Crippen LogP contribution in [-0.2, 0) is 5.41 Å². The fraction of sp³-hybridized carbons (Fsp3) is 0.556. The van der Waals surface area contributed by atoms with Gasteiger partial charge in [0.15, 0.2) is 0 Å². The molecule has 0 spiro atoms. The molecule has 0 aliphatic carbocycles. The van der Waals surface area contributed by atoms with E-state index in [1.165, 1.54) is 11.3 Å². The standard InChI is InChI=1S/C9H11Cl3S/c1-9(2,3-4-10)6-5-7(11)13-8(6)12/h5H,3-4H2,1-2H3. The topological polar surface area (TPSA) is 0 Å². The van der Waals surface area contributed by atoms with E-state index in [1.807, 2.05) is 6.07 Å². The highest BCUT2D eigenvalue weighted by Crippen LogP contribution is 2.40. The van der Waals surface area contributed by atoms with Crippen LogP contribution in [0.2, 0.25) is 8.67 Å². The maximum atomic E-state index is 6.06. The van der Waals surface area contributed by atoms with E-state index in [9.17, 15) is 0 Å². The Morgan fingerprint density at radius 1 is 1.38 bits per heavy atom. The van der Waals surface area contributed by atoms with Crippen LogP contribution < -0.4 is 0 Å². The number of halogens is 3. The van der Waals surface area contributed by atoms with E-state index in [1.54, 1.807) is 0 Å². The van der Waals surface area contributed by atoms with Gasteiger partial charge in [0.1, 0.15) is 0 Å². The van der Waals surface area contributed by atoms with Crippen LogP contribution in [0.25, 0.3) is 0 Å². The van der Waals surface area contributed by atoms with E-state index in [-0.39, 0.29) is 5.41 Å². The molecule has 0 bridgehead atoms. The van der Waals surface area contributed by atoms with Crippen LogP contribution in [0.4, 0.5) is 0 Å². The minimum Gasteiger partial charge on any atom is -0.127 e. The maximum absolute atomic E-state index is 6.06. The third-order valence-corrected chi connectivity index (χ3v) is 3.78. The van der Waals surface area contributed by atoms with Crippen molar-refractivity contribution in [3.63, 3.8) is 0 Å². The Labute approximate surface area is 97.8 Å². The van der Waals surface area contributed by atoms with Crippen molar-refractivity contribution in [1.29, 1.82) is 0 Å². The molecule has 74 valence electrons. The zero-order chi connectivity index (χ0) is 10.1. The van der Waals surface area contributed by atoms with Crippen molar-refractivity contribution in [3.8, 4) is 0 Å². The van der Waals surface area contributed by atoms with Gasteiger partial charge in [0.2, 0.25) is 0 Å². The van der Waals surface area contributed by atoms with Gasteiger partial charge in [-0.1, -0.05) is 37.0 Å². The Morgan fingerprint density at radius 3 is 2.38 bits per heavy atom. The van der Waals surface area contributed by atoms with Crippen molar-refractivity contribution in [1.82, 2.24) is 0 Å². The lowest BCUT2D eigenvalue weighted by Gasteiger charge is -2.22. The first-order valence-electron chi connectivity index (χ1n) is 3.98. The van der Waals surface area contributed by atoms with Crippen molar-refractivity contribution >= 4 is 46.1 Å². The quantitative estimate of drug-likeness (QED) is 0.671. The summed E-state index contributed by atoms with van der Waals surface area (Å²) in [4.78, 5) is 0. The number of thiophene rings is 1. The Bertz CT molecular complexity index is 291. The number of hydrogen-bond acceptors (Lipinski definition) is 1. The highest BCUT2D eigenvalue weighted by Gasteiger charge is 2.24. The van der Waals surface area contributed by atoms with Gasteiger partial charge in [-0.3, -0.25) is 0 Å². The highest BCUT2D eigenvalue weighted by molar-refractivity contribution is 7.20. The summed E-state index contributed by atoms with van der Waals surface area (Å²) >= 11 is 19.1. The van der Waals surface area contributed by atoms with Crippen LogP contribution >= 0.6 is 46.1 Å². The summed E-state index contributed by atoms with van der Waals surface area (Å²) in [6.07, 6.45) is 0.904.